The van der Waals surface area contributed by atoms with Gasteiger partial charge in [0.15, 0.2) is 5.60 Å². The number of halogens is 2. The lowest BCUT2D eigenvalue weighted by atomic mass is 9.86. The summed E-state index contributed by atoms with van der Waals surface area (Å²) in [6.45, 7) is 3.21. The van der Waals surface area contributed by atoms with Gasteiger partial charge in [0.1, 0.15) is 0 Å². The molecule has 5 N–H and O–H groups in total. The number of carbonyl (C=O) groups is 5. The third-order valence-electron chi connectivity index (χ3n) is 10.0. The van der Waals surface area contributed by atoms with E-state index < -0.39 is 36.4 Å². The summed E-state index contributed by atoms with van der Waals surface area (Å²) < 4.78 is 0. The topological polar surface area (TPSA) is 209 Å². The number of aliphatic hydroxyl groups is 1. The number of amides is 2. The highest BCUT2D eigenvalue weighted by Gasteiger charge is 2.40. The van der Waals surface area contributed by atoms with Crippen LogP contribution in [0.5, 0.6) is 0 Å². The molecule has 1 atom stereocenters. The van der Waals surface area contributed by atoms with Gasteiger partial charge in [0.25, 0.3) is 11.8 Å². The van der Waals surface area contributed by atoms with Gasteiger partial charge in [0, 0.05) is 37.7 Å². The Hall–Kier alpha value is -5.52. The smallest absolute Gasteiger partial charge is 0.336 e. The van der Waals surface area contributed by atoms with E-state index in [-0.39, 0.29) is 17.7 Å². The van der Waals surface area contributed by atoms with E-state index in [4.69, 9.17) is 43.6 Å². The van der Waals surface area contributed by atoms with Crippen molar-refractivity contribution in [3.8, 4) is 6.07 Å². The van der Waals surface area contributed by atoms with Crippen LogP contribution in [0.15, 0.2) is 78.9 Å². The molecule has 1 aliphatic heterocycles. The van der Waals surface area contributed by atoms with Gasteiger partial charge in [-0.15, -0.1) is 0 Å². The SMILES string of the molecule is CNC(=O)c1ccccc1C1CCN(CC[C@H](CN(C)C(=O)c2cc(C#N)cc3ccccc23)c2ccc(Cl)c(Cl)c2)CC1.O=C(O)CC(O)(CC(=O)O)C(=O)O. The average Bonchev–Trinajstić information content (AvgIpc) is 3.19. The van der Waals surface area contributed by atoms with E-state index >= 15 is 0 Å². The number of nitrogens with one attached hydrogen (secondary N) is 1. The van der Waals surface area contributed by atoms with Crippen LogP contribution < -0.4 is 5.32 Å². The zero-order valence-electron chi connectivity index (χ0n) is 31.5. The van der Waals surface area contributed by atoms with E-state index in [1.54, 1.807) is 18.0 Å². The van der Waals surface area contributed by atoms with Crippen LogP contribution in [-0.2, 0) is 14.4 Å². The second-order valence-electron chi connectivity index (χ2n) is 14.0. The van der Waals surface area contributed by atoms with Crippen molar-refractivity contribution in [2.45, 2.75) is 49.5 Å². The molecule has 4 aromatic rings. The zero-order chi connectivity index (χ0) is 41.9. The van der Waals surface area contributed by atoms with Gasteiger partial charge in [-0.1, -0.05) is 71.7 Å². The van der Waals surface area contributed by atoms with Gasteiger partial charge in [-0.3, -0.25) is 19.2 Å². The number of aliphatic carboxylic acids is 3. The third kappa shape index (κ3) is 11.8. The quantitative estimate of drug-likeness (QED) is 0.0960. The summed E-state index contributed by atoms with van der Waals surface area (Å²) in [4.78, 5) is 61.0. The van der Waals surface area contributed by atoms with Crippen LogP contribution in [0, 0.1) is 11.3 Å². The Morgan fingerprint density at radius 3 is 2.12 bits per heavy atom. The van der Waals surface area contributed by atoms with Gasteiger partial charge in [-0.25, -0.2) is 4.79 Å². The molecule has 0 aromatic heterocycles. The molecule has 4 aromatic carbocycles. The maximum atomic E-state index is 13.8. The van der Waals surface area contributed by atoms with Gasteiger partial charge in [-0.2, -0.15) is 5.26 Å². The number of fused-ring (bicyclic) bond motifs is 1. The van der Waals surface area contributed by atoms with Crippen LogP contribution >= 0.6 is 23.2 Å². The second-order valence-corrected chi connectivity index (χ2v) is 14.8. The Morgan fingerprint density at radius 1 is 0.895 bits per heavy atom. The van der Waals surface area contributed by atoms with Crippen LogP contribution in [0.1, 0.15) is 81.3 Å². The number of likely N-dealkylation sites (N-methyl/N-ethyl adjacent to an activating group) is 1. The first-order valence-electron chi connectivity index (χ1n) is 18.1. The second kappa shape index (κ2) is 20.1. The number of hydrogen-bond donors (Lipinski definition) is 5. The van der Waals surface area contributed by atoms with E-state index in [1.807, 2.05) is 73.8 Å². The highest BCUT2D eigenvalue weighted by molar-refractivity contribution is 6.42. The van der Waals surface area contributed by atoms with Crippen LogP contribution in [0.3, 0.4) is 0 Å². The molecule has 0 aliphatic carbocycles. The van der Waals surface area contributed by atoms with Gasteiger partial charge >= 0.3 is 17.9 Å². The number of benzene rings is 4. The molecule has 300 valence electrons. The van der Waals surface area contributed by atoms with Crippen LogP contribution in [-0.4, -0.2) is 106 Å². The molecular formula is C42H44Cl2N4O9. The maximum absolute atomic E-state index is 13.8. The van der Waals surface area contributed by atoms with E-state index in [0.717, 1.165) is 66.4 Å². The van der Waals surface area contributed by atoms with Crippen molar-refractivity contribution < 1.29 is 44.4 Å². The Bertz CT molecular complexity index is 2150. The predicted octanol–water partition coefficient (Wildman–Crippen LogP) is 6.25. The number of nitrogens with zero attached hydrogens (tertiary/aromatic N) is 3. The molecular weight excluding hydrogens is 775 g/mol. The zero-order valence-corrected chi connectivity index (χ0v) is 33.0. The Balaban J connectivity index is 0.000000476. The summed E-state index contributed by atoms with van der Waals surface area (Å²) in [5, 5.41) is 48.8. The number of rotatable bonds is 14. The van der Waals surface area contributed by atoms with Crippen molar-refractivity contribution in [2.75, 3.05) is 40.3 Å². The van der Waals surface area contributed by atoms with Gasteiger partial charge in [0.05, 0.1) is 34.5 Å². The first-order chi connectivity index (χ1) is 27.1. The largest absolute Gasteiger partial charge is 0.481 e. The molecule has 5 rings (SSSR count). The van der Waals surface area contributed by atoms with Gasteiger partial charge in [0.2, 0.25) is 0 Å². The van der Waals surface area contributed by atoms with Crippen LogP contribution in [0.2, 0.25) is 10.0 Å². The molecule has 0 bridgehead atoms. The van der Waals surface area contributed by atoms with Crippen molar-refractivity contribution >= 4 is 63.7 Å². The number of nitriles is 1. The molecule has 13 nitrogen and oxygen atoms in total. The Labute approximate surface area is 340 Å². The highest BCUT2D eigenvalue weighted by Crippen LogP contribution is 2.33. The van der Waals surface area contributed by atoms with Crippen molar-refractivity contribution in [2.24, 2.45) is 0 Å². The number of likely N-dealkylation sites (tertiary alicyclic amines) is 1. The number of carboxylic acids is 3. The molecule has 1 fully saturated rings. The molecule has 0 spiro atoms. The summed E-state index contributed by atoms with van der Waals surface area (Å²) in [6, 6.07) is 26.9. The molecule has 1 aliphatic rings. The lowest BCUT2D eigenvalue weighted by Gasteiger charge is -2.34. The maximum Gasteiger partial charge on any atom is 0.336 e. The van der Waals surface area contributed by atoms with Crippen molar-refractivity contribution in [1.82, 2.24) is 15.1 Å². The fraction of sp³-hybridized carbons (Fsp3) is 0.333. The first-order valence-corrected chi connectivity index (χ1v) is 18.9. The molecule has 0 saturated carbocycles. The minimum Gasteiger partial charge on any atom is -0.481 e. The summed E-state index contributed by atoms with van der Waals surface area (Å²) in [6.07, 6.45) is 0.496. The summed E-state index contributed by atoms with van der Waals surface area (Å²) in [5.74, 6) is -4.82. The van der Waals surface area contributed by atoms with Crippen molar-refractivity contribution in [3.05, 3.63) is 117 Å². The van der Waals surface area contributed by atoms with Crippen molar-refractivity contribution in [1.29, 1.82) is 5.26 Å². The predicted molar refractivity (Wildman–Crippen MR) is 215 cm³/mol. The monoisotopic (exact) mass is 818 g/mol. The Kier molecular flexibility index (Phi) is 15.6. The fourth-order valence-corrected chi connectivity index (χ4v) is 7.32. The molecule has 2 amide bonds. The van der Waals surface area contributed by atoms with Gasteiger partial charge in [-0.05, 0) is 97.0 Å². The highest BCUT2D eigenvalue weighted by atomic mass is 35.5. The standard InChI is InChI=1S/C36H36Cl2N4O2.C6H8O7/c1-40-35(43)31-10-6-5-8-29(31)25-13-16-42(17-14-25)18-15-28(26-11-12-33(37)34(38)21-26)23-41(2)36(44)32-20-24(22-39)19-27-7-3-4-9-30(27)32;7-3(8)1-6(13,5(11)12)2-4(9)10/h3-12,19-21,25,28H,13-18,23H2,1-2H3,(H,40,43);13H,1-2H2,(H,7,8)(H,9,10)(H,11,12)/t28-;/m1./s1. The van der Waals surface area contributed by atoms with Crippen molar-refractivity contribution in [3.63, 3.8) is 0 Å². The number of carbonyl (C=O) groups excluding carboxylic acids is 2. The number of piperidine rings is 1. The molecule has 1 heterocycles. The molecule has 1 saturated heterocycles. The Morgan fingerprint density at radius 2 is 1.53 bits per heavy atom. The minimum absolute atomic E-state index is 0.0239. The summed E-state index contributed by atoms with van der Waals surface area (Å²) in [7, 11) is 3.48. The number of carboxylic acid groups (broad SMARTS) is 3. The van der Waals surface area contributed by atoms with E-state index in [2.05, 4.69) is 22.4 Å². The molecule has 57 heavy (non-hydrogen) atoms. The number of hydrogen-bond acceptors (Lipinski definition) is 8. The average molecular weight is 820 g/mol. The molecule has 0 radical (unpaired) electrons. The lowest BCUT2D eigenvalue weighted by Crippen LogP contribution is -2.42. The third-order valence-corrected chi connectivity index (χ3v) is 10.8. The van der Waals surface area contributed by atoms with Crippen LogP contribution in [0.25, 0.3) is 10.8 Å². The molecule has 15 heteroatoms. The van der Waals surface area contributed by atoms with E-state index in [0.29, 0.717) is 33.6 Å². The fourth-order valence-electron chi connectivity index (χ4n) is 7.02. The van der Waals surface area contributed by atoms with Crippen LogP contribution in [0.4, 0.5) is 0 Å². The minimum atomic E-state index is -2.74. The summed E-state index contributed by atoms with van der Waals surface area (Å²) in [5.41, 5.74) is 1.15. The summed E-state index contributed by atoms with van der Waals surface area (Å²) >= 11 is 12.7. The molecule has 0 unspecified atom stereocenters. The normalized spacial score (nSPS) is 13.8. The van der Waals surface area contributed by atoms with E-state index in [9.17, 15) is 29.2 Å². The first kappa shape index (κ1) is 44.2. The van der Waals surface area contributed by atoms with E-state index in [1.165, 1.54) is 0 Å². The lowest BCUT2D eigenvalue weighted by molar-refractivity contribution is -0.170. The van der Waals surface area contributed by atoms with Gasteiger partial charge < -0.3 is 35.5 Å².